The molecule has 2 atom stereocenters. The number of amides is 2. The molecule has 21 heavy (non-hydrogen) atoms. The molecular formula is C13H17FN2O4S. The van der Waals surface area contributed by atoms with Gasteiger partial charge in [0, 0.05) is 28.9 Å². The highest BCUT2D eigenvalue weighted by atomic mass is 32.2. The van der Waals surface area contributed by atoms with Gasteiger partial charge in [0.1, 0.15) is 5.82 Å². The molecule has 1 aromatic rings. The summed E-state index contributed by atoms with van der Waals surface area (Å²) in [6, 6.07) is 2.26. The fraction of sp³-hybridized carbons (Fsp3) is 0.385. The largest absolute Gasteiger partial charge is 0.478 e. The van der Waals surface area contributed by atoms with Crippen LogP contribution in [0, 0.1) is 5.82 Å². The molecule has 3 N–H and O–H groups in total. The lowest BCUT2D eigenvalue weighted by molar-refractivity contribution is 0.0697. The molecule has 0 spiro atoms. The fourth-order valence-corrected chi connectivity index (χ4v) is 2.28. The van der Waals surface area contributed by atoms with E-state index < -0.39 is 28.6 Å². The summed E-state index contributed by atoms with van der Waals surface area (Å²) in [6.07, 6.45) is 2.11. The molecule has 2 unspecified atom stereocenters. The second-order valence-corrected chi connectivity index (χ2v) is 6.12. The molecule has 2 amide bonds. The van der Waals surface area contributed by atoms with Gasteiger partial charge in [-0.1, -0.05) is 0 Å². The van der Waals surface area contributed by atoms with Crippen molar-refractivity contribution in [3.8, 4) is 0 Å². The summed E-state index contributed by atoms with van der Waals surface area (Å²) in [5.74, 6) is -1.57. The second kappa shape index (κ2) is 7.72. The summed E-state index contributed by atoms with van der Waals surface area (Å²) in [5.41, 5.74) is -0.319. The van der Waals surface area contributed by atoms with Crippen molar-refractivity contribution in [2.75, 3.05) is 17.3 Å². The highest BCUT2D eigenvalue weighted by Gasteiger charge is 2.14. The van der Waals surface area contributed by atoms with E-state index in [2.05, 4.69) is 10.6 Å². The van der Waals surface area contributed by atoms with Crippen molar-refractivity contribution in [2.45, 2.75) is 19.4 Å². The average molecular weight is 316 g/mol. The Morgan fingerprint density at radius 2 is 2.10 bits per heavy atom. The number of aromatic carboxylic acids is 1. The van der Waals surface area contributed by atoms with Crippen LogP contribution in [0.15, 0.2) is 18.2 Å². The topological polar surface area (TPSA) is 95.5 Å². The molecular weight excluding hydrogens is 299 g/mol. The molecule has 6 nitrogen and oxygen atoms in total. The van der Waals surface area contributed by atoms with Crippen molar-refractivity contribution >= 4 is 28.5 Å². The van der Waals surface area contributed by atoms with Crippen LogP contribution >= 0.6 is 0 Å². The van der Waals surface area contributed by atoms with Gasteiger partial charge in [-0.05, 0) is 31.5 Å². The van der Waals surface area contributed by atoms with E-state index in [1.165, 1.54) is 6.07 Å². The van der Waals surface area contributed by atoms with Gasteiger partial charge in [-0.2, -0.15) is 0 Å². The number of carbonyl (C=O) groups is 2. The van der Waals surface area contributed by atoms with Crippen LogP contribution in [-0.4, -0.2) is 39.4 Å². The number of hydrogen-bond acceptors (Lipinski definition) is 3. The Hall–Kier alpha value is -1.96. The molecule has 0 aliphatic rings. The maximum Gasteiger partial charge on any atom is 0.337 e. The minimum atomic E-state index is -1.33. The number of nitrogens with one attached hydrogen (secondary N) is 2. The van der Waals surface area contributed by atoms with Gasteiger partial charge in [0.05, 0.1) is 11.3 Å². The van der Waals surface area contributed by atoms with E-state index in [0.29, 0.717) is 12.2 Å². The van der Waals surface area contributed by atoms with E-state index in [0.717, 1.165) is 12.1 Å². The number of rotatable bonds is 6. The number of anilines is 1. The summed E-state index contributed by atoms with van der Waals surface area (Å²) in [4.78, 5) is 22.7. The third-order valence-corrected chi connectivity index (χ3v) is 3.49. The zero-order valence-corrected chi connectivity index (χ0v) is 12.5. The molecule has 0 bridgehead atoms. The Morgan fingerprint density at radius 1 is 1.43 bits per heavy atom. The Morgan fingerprint density at radius 3 is 2.67 bits per heavy atom. The molecule has 1 rings (SSSR count). The summed E-state index contributed by atoms with van der Waals surface area (Å²) in [5, 5.41) is 13.9. The maximum absolute atomic E-state index is 13.0. The van der Waals surface area contributed by atoms with Crippen LogP contribution in [0.4, 0.5) is 14.9 Å². The van der Waals surface area contributed by atoms with Crippen molar-refractivity contribution in [1.82, 2.24) is 5.32 Å². The maximum atomic E-state index is 13.0. The van der Waals surface area contributed by atoms with Crippen LogP contribution in [0.3, 0.4) is 0 Å². The molecule has 0 heterocycles. The highest BCUT2D eigenvalue weighted by Crippen LogP contribution is 2.17. The molecule has 0 fully saturated rings. The summed E-state index contributed by atoms with van der Waals surface area (Å²) in [6.45, 7) is 1.75. The first-order valence-electron chi connectivity index (χ1n) is 6.20. The van der Waals surface area contributed by atoms with E-state index >= 15 is 0 Å². The highest BCUT2D eigenvalue weighted by molar-refractivity contribution is 7.84. The monoisotopic (exact) mass is 316 g/mol. The van der Waals surface area contributed by atoms with Gasteiger partial charge in [0.15, 0.2) is 0 Å². The van der Waals surface area contributed by atoms with Crippen LogP contribution in [-0.2, 0) is 10.8 Å². The van der Waals surface area contributed by atoms with Crippen LogP contribution in [0.1, 0.15) is 23.7 Å². The number of urea groups is 1. The van der Waals surface area contributed by atoms with Gasteiger partial charge >= 0.3 is 12.0 Å². The number of hydrogen-bond donors (Lipinski definition) is 3. The molecule has 0 saturated heterocycles. The first kappa shape index (κ1) is 17.1. The molecule has 0 aliphatic carbocycles. The molecule has 0 aromatic heterocycles. The Kier molecular flexibility index (Phi) is 6.29. The molecule has 116 valence electrons. The Labute approximate surface area is 124 Å². The van der Waals surface area contributed by atoms with E-state index in [1.807, 2.05) is 0 Å². The lowest BCUT2D eigenvalue weighted by Gasteiger charge is -2.15. The SMILES string of the molecule is CC(CCS(C)=O)NC(=O)Nc1ccc(F)cc1C(=O)O. The van der Waals surface area contributed by atoms with Gasteiger partial charge in [-0.15, -0.1) is 0 Å². The minimum Gasteiger partial charge on any atom is -0.478 e. The number of benzene rings is 1. The van der Waals surface area contributed by atoms with Gasteiger partial charge in [-0.3, -0.25) is 4.21 Å². The van der Waals surface area contributed by atoms with Gasteiger partial charge in [0.25, 0.3) is 0 Å². The van der Waals surface area contributed by atoms with Crippen molar-refractivity contribution in [3.63, 3.8) is 0 Å². The normalized spacial score (nSPS) is 13.3. The van der Waals surface area contributed by atoms with Crippen LogP contribution in [0.25, 0.3) is 0 Å². The van der Waals surface area contributed by atoms with Crippen molar-refractivity contribution in [1.29, 1.82) is 0 Å². The van der Waals surface area contributed by atoms with E-state index in [-0.39, 0.29) is 17.3 Å². The quantitative estimate of drug-likeness (QED) is 0.746. The molecule has 0 radical (unpaired) electrons. The lowest BCUT2D eigenvalue weighted by atomic mass is 10.1. The summed E-state index contributed by atoms with van der Waals surface area (Å²) in [7, 11) is -0.942. The van der Waals surface area contributed by atoms with E-state index in [4.69, 9.17) is 5.11 Å². The van der Waals surface area contributed by atoms with Crippen molar-refractivity contribution < 1.29 is 23.3 Å². The van der Waals surface area contributed by atoms with Gasteiger partial charge < -0.3 is 15.7 Å². The predicted molar refractivity (Wildman–Crippen MR) is 78.5 cm³/mol. The first-order chi connectivity index (χ1) is 9.79. The smallest absolute Gasteiger partial charge is 0.337 e. The van der Waals surface area contributed by atoms with Crippen LogP contribution in [0.2, 0.25) is 0 Å². The first-order valence-corrected chi connectivity index (χ1v) is 7.92. The fourth-order valence-electron chi connectivity index (χ4n) is 1.60. The number of carbonyl (C=O) groups excluding carboxylic acids is 1. The zero-order valence-electron chi connectivity index (χ0n) is 11.7. The average Bonchev–Trinajstić information content (AvgIpc) is 2.38. The Bertz CT molecular complexity index is 565. The number of carboxylic acid groups (broad SMARTS) is 1. The van der Waals surface area contributed by atoms with Crippen LogP contribution in [0.5, 0.6) is 0 Å². The molecule has 0 saturated carbocycles. The second-order valence-electron chi connectivity index (χ2n) is 4.56. The van der Waals surface area contributed by atoms with Crippen molar-refractivity contribution in [3.05, 3.63) is 29.6 Å². The van der Waals surface area contributed by atoms with Gasteiger partial charge in [0.2, 0.25) is 0 Å². The standard InChI is InChI=1S/C13H17FN2O4S/c1-8(5-6-21(2)20)15-13(19)16-11-4-3-9(14)7-10(11)12(17)18/h3-4,7-8H,5-6H2,1-2H3,(H,17,18)(H2,15,16,19). The van der Waals surface area contributed by atoms with E-state index in [9.17, 15) is 18.2 Å². The summed E-state index contributed by atoms with van der Waals surface area (Å²) < 4.78 is 24.0. The van der Waals surface area contributed by atoms with Crippen molar-refractivity contribution in [2.24, 2.45) is 0 Å². The zero-order chi connectivity index (χ0) is 16.0. The lowest BCUT2D eigenvalue weighted by Crippen LogP contribution is -2.37. The Balaban J connectivity index is 2.66. The van der Waals surface area contributed by atoms with Crippen LogP contribution < -0.4 is 10.6 Å². The third-order valence-electron chi connectivity index (χ3n) is 2.68. The van der Waals surface area contributed by atoms with Gasteiger partial charge in [-0.25, -0.2) is 14.0 Å². The predicted octanol–water partition coefficient (Wildman–Crippen LogP) is 1.80. The number of halogens is 1. The third kappa shape index (κ3) is 5.90. The molecule has 8 heteroatoms. The summed E-state index contributed by atoms with van der Waals surface area (Å²) >= 11 is 0. The molecule has 0 aliphatic heterocycles. The number of carboxylic acids is 1. The van der Waals surface area contributed by atoms with E-state index in [1.54, 1.807) is 13.2 Å². The minimum absolute atomic E-state index is 0.00710. The molecule has 1 aromatic carbocycles.